The second-order valence-electron chi connectivity index (χ2n) is 6.41. The second-order valence-corrected chi connectivity index (χ2v) is 7.36. The van der Waals surface area contributed by atoms with Gasteiger partial charge in [-0.15, -0.1) is 11.3 Å². The Balaban J connectivity index is 1.37. The number of aryl methyl sites for hydroxylation is 1. The first kappa shape index (κ1) is 18.1. The molecule has 28 heavy (non-hydrogen) atoms. The minimum atomic E-state index is -0.231. The minimum Gasteiger partial charge on any atom is -0.352 e. The number of para-hydroxylation sites is 2. The molecule has 1 amide bonds. The highest BCUT2D eigenvalue weighted by Crippen LogP contribution is 2.18. The third kappa shape index (κ3) is 3.87. The SMILES string of the molecule is O=C(NCCCc1nc2ccccc2[nH]1)c1ccccc1C(=O)c1cccs1. The van der Waals surface area contributed by atoms with Crippen LogP contribution in [0.25, 0.3) is 11.0 Å². The van der Waals surface area contributed by atoms with Crippen molar-refractivity contribution in [3.05, 3.63) is 87.9 Å². The lowest BCUT2D eigenvalue weighted by Crippen LogP contribution is -2.26. The summed E-state index contributed by atoms with van der Waals surface area (Å²) < 4.78 is 0. The maximum absolute atomic E-state index is 12.7. The molecule has 2 N–H and O–H groups in total. The highest BCUT2D eigenvalue weighted by molar-refractivity contribution is 7.12. The van der Waals surface area contributed by atoms with E-state index in [-0.39, 0.29) is 11.7 Å². The number of fused-ring (bicyclic) bond motifs is 1. The van der Waals surface area contributed by atoms with E-state index in [0.717, 1.165) is 29.7 Å². The van der Waals surface area contributed by atoms with Crippen LogP contribution in [-0.4, -0.2) is 28.2 Å². The number of amides is 1. The van der Waals surface area contributed by atoms with Crippen LogP contribution < -0.4 is 5.32 Å². The number of aromatic nitrogens is 2. The average Bonchev–Trinajstić information content (AvgIpc) is 3.40. The van der Waals surface area contributed by atoms with Crippen molar-refractivity contribution in [2.75, 3.05) is 6.54 Å². The first-order valence-corrected chi connectivity index (χ1v) is 9.99. The number of imidazole rings is 1. The molecule has 0 fully saturated rings. The highest BCUT2D eigenvalue weighted by atomic mass is 32.1. The van der Waals surface area contributed by atoms with Crippen LogP contribution in [0.5, 0.6) is 0 Å². The van der Waals surface area contributed by atoms with Crippen molar-refractivity contribution in [3.8, 4) is 0 Å². The summed E-state index contributed by atoms with van der Waals surface area (Å²) >= 11 is 1.38. The van der Waals surface area contributed by atoms with Gasteiger partial charge in [0.15, 0.2) is 0 Å². The summed E-state index contributed by atoms with van der Waals surface area (Å²) in [4.78, 5) is 33.7. The first-order chi connectivity index (χ1) is 13.7. The molecule has 4 rings (SSSR count). The van der Waals surface area contributed by atoms with E-state index in [1.807, 2.05) is 35.7 Å². The third-order valence-corrected chi connectivity index (χ3v) is 5.34. The number of ketones is 1. The van der Waals surface area contributed by atoms with Crippen LogP contribution in [0.15, 0.2) is 66.0 Å². The zero-order valence-electron chi connectivity index (χ0n) is 15.1. The standard InChI is InChI=1S/C22H19N3O2S/c26-21(19-11-6-14-28-19)15-7-1-2-8-16(15)22(27)23-13-5-12-20-24-17-9-3-4-10-18(17)25-20/h1-4,6-11,14H,5,12-13H2,(H,23,27)(H,24,25). The molecule has 2 heterocycles. The Morgan fingerprint density at radius 3 is 2.54 bits per heavy atom. The molecule has 2 aromatic heterocycles. The fourth-order valence-corrected chi connectivity index (χ4v) is 3.77. The zero-order valence-corrected chi connectivity index (χ0v) is 16.0. The fourth-order valence-electron chi connectivity index (χ4n) is 3.10. The van der Waals surface area contributed by atoms with Gasteiger partial charge in [0.1, 0.15) is 5.82 Å². The molecular formula is C22H19N3O2S. The maximum atomic E-state index is 12.7. The van der Waals surface area contributed by atoms with Gasteiger partial charge in [-0.2, -0.15) is 0 Å². The van der Waals surface area contributed by atoms with Crippen LogP contribution in [0.1, 0.15) is 37.8 Å². The van der Waals surface area contributed by atoms with Gasteiger partial charge in [0, 0.05) is 18.5 Å². The number of nitrogens with one attached hydrogen (secondary N) is 2. The smallest absolute Gasteiger partial charge is 0.252 e. The van der Waals surface area contributed by atoms with Crippen molar-refractivity contribution in [2.45, 2.75) is 12.8 Å². The number of nitrogens with zero attached hydrogens (tertiary/aromatic N) is 1. The molecule has 5 nitrogen and oxygen atoms in total. The molecule has 0 saturated carbocycles. The number of aromatic amines is 1. The lowest BCUT2D eigenvalue weighted by Gasteiger charge is -2.09. The van der Waals surface area contributed by atoms with Crippen molar-refractivity contribution in [2.24, 2.45) is 0 Å². The van der Waals surface area contributed by atoms with Crippen LogP contribution in [0.2, 0.25) is 0 Å². The van der Waals surface area contributed by atoms with E-state index < -0.39 is 0 Å². The summed E-state index contributed by atoms with van der Waals surface area (Å²) in [5.74, 6) is 0.553. The molecule has 6 heteroatoms. The van der Waals surface area contributed by atoms with E-state index in [2.05, 4.69) is 15.3 Å². The van der Waals surface area contributed by atoms with E-state index in [1.165, 1.54) is 11.3 Å². The summed E-state index contributed by atoms with van der Waals surface area (Å²) in [7, 11) is 0. The van der Waals surface area contributed by atoms with Gasteiger partial charge in [-0.25, -0.2) is 4.98 Å². The average molecular weight is 389 g/mol. The summed E-state index contributed by atoms with van der Waals surface area (Å²) in [6.07, 6.45) is 1.50. The van der Waals surface area contributed by atoms with Gasteiger partial charge in [0.05, 0.1) is 21.5 Å². The Bertz CT molecular complexity index is 1080. The van der Waals surface area contributed by atoms with Gasteiger partial charge in [0.2, 0.25) is 5.78 Å². The number of rotatable bonds is 7. The molecule has 0 aliphatic heterocycles. The monoisotopic (exact) mass is 389 g/mol. The lowest BCUT2D eigenvalue weighted by molar-refractivity contribution is 0.0942. The fraction of sp³-hybridized carbons (Fsp3) is 0.136. The molecule has 0 spiro atoms. The molecular weight excluding hydrogens is 370 g/mol. The lowest BCUT2D eigenvalue weighted by atomic mass is 10.0. The Morgan fingerprint density at radius 2 is 1.75 bits per heavy atom. The minimum absolute atomic E-state index is 0.122. The van der Waals surface area contributed by atoms with Gasteiger partial charge >= 0.3 is 0 Å². The number of hydrogen-bond donors (Lipinski definition) is 2. The quantitative estimate of drug-likeness (QED) is 0.367. The molecule has 0 radical (unpaired) electrons. The van der Waals surface area contributed by atoms with Gasteiger partial charge < -0.3 is 10.3 Å². The van der Waals surface area contributed by atoms with E-state index in [0.29, 0.717) is 22.5 Å². The number of carbonyl (C=O) groups is 2. The Kier molecular flexibility index (Phi) is 5.30. The molecule has 0 bridgehead atoms. The predicted octanol–water partition coefficient (Wildman–Crippen LogP) is 4.22. The summed E-state index contributed by atoms with van der Waals surface area (Å²) in [6, 6.07) is 18.4. The van der Waals surface area contributed by atoms with Crippen LogP contribution in [0.3, 0.4) is 0 Å². The molecule has 2 aromatic carbocycles. The molecule has 0 unspecified atom stereocenters. The van der Waals surface area contributed by atoms with Crippen molar-refractivity contribution in [1.29, 1.82) is 0 Å². The van der Waals surface area contributed by atoms with Crippen molar-refractivity contribution in [1.82, 2.24) is 15.3 Å². The highest BCUT2D eigenvalue weighted by Gasteiger charge is 2.18. The number of carbonyl (C=O) groups excluding carboxylic acids is 2. The number of hydrogen-bond acceptors (Lipinski definition) is 4. The van der Waals surface area contributed by atoms with Crippen LogP contribution in [-0.2, 0) is 6.42 Å². The van der Waals surface area contributed by atoms with Crippen LogP contribution in [0, 0.1) is 0 Å². The number of benzene rings is 2. The van der Waals surface area contributed by atoms with E-state index in [4.69, 9.17) is 0 Å². The van der Waals surface area contributed by atoms with Crippen LogP contribution in [0.4, 0.5) is 0 Å². The van der Waals surface area contributed by atoms with Crippen molar-refractivity contribution >= 4 is 34.1 Å². The van der Waals surface area contributed by atoms with Crippen LogP contribution >= 0.6 is 11.3 Å². The van der Waals surface area contributed by atoms with Gasteiger partial charge in [-0.05, 0) is 36.1 Å². The van der Waals surface area contributed by atoms with Gasteiger partial charge in [-0.1, -0.05) is 36.4 Å². The van der Waals surface area contributed by atoms with E-state index >= 15 is 0 Å². The summed E-state index contributed by atoms with van der Waals surface area (Å²) in [5, 5.41) is 4.77. The Morgan fingerprint density at radius 1 is 0.964 bits per heavy atom. The number of H-pyrrole nitrogens is 1. The molecule has 0 saturated heterocycles. The normalized spacial score (nSPS) is 10.9. The topological polar surface area (TPSA) is 74.8 Å². The van der Waals surface area contributed by atoms with Gasteiger partial charge in [0.25, 0.3) is 5.91 Å². The zero-order chi connectivity index (χ0) is 19.3. The molecule has 0 aliphatic carbocycles. The third-order valence-electron chi connectivity index (χ3n) is 4.48. The van der Waals surface area contributed by atoms with Crippen molar-refractivity contribution < 1.29 is 9.59 Å². The molecule has 0 aliphatic rings. The largest absolute Gasteiger partial charge is 0.352 e. The van der Waals surface area contributed by atoms with Gasteiger partial charge in [-0.3, -0.25) is 9.59 Å². The second kappa shape index (κ2) is 8.19. The van der Waals surface area contributed by atoms with E-state index in [9.17, 15) is 9.59 Å². The number of thiophene rings is 1. The summed E-state index contributed by atoms with van der Waals surface area (Å²) in [6.45, 7) is 0.511. The summed E-state index contributed by atoms with van der Waals surface area (Å²) in [5.41, 5.74) is 2.80. The van der Waals surface area contributed by atoms with E-state index in [1.54, 1.807) is 30.3 Å². The predicted molar refractivity (Wildman–Crippen MR) is 111 cm³/mol. The van der Waals surface area contributed by atoms with Crippen molar-refractivity contribution in [3.63, 3.8) is 0 Å². The Labute approximate surface area is 166 Å². The Hall–Kier alpha value is -3.25. The molecule has 0 atom stereocenters. The molecule has 4 aromatic rings. The maximum Gasteiger partial charge on any atom is 0.252 e. The molecule has 140 valence electrons. The first-order valence-electron chi connectivity index (χ1n) is 9.11.